The molecular weight excluding hydrogens is 552 g/mol. The van der Waals surface area contributed by atoms with E-state index in [2.05, 4.69) is 52.0 Å². The molecule has 2 aromatic rings. The van der Waals surface area contributed by atoms with Gasteiger partial charge in [0.1, 0.15) is 36.9 Å². The van der Waals surface area contributed by atoms with Gasteiger partial charge in [-0.25, -0.2) is 0 Å². The van der Waals surface area contributed by atoms with E-state index >= 15 is 0 Å². The highest BCUT2D eigenvalue weighted by Gasteiger charge is 2.26. The highest BCUT2D eigenvalue weighted by atomic mass is 32.2. The molecule has 0 aromatic heterocycles. The number of ether oxygens (including phenoxy) is 4. The Hall–Kier alpha value is -1.69. The number of rotatable bonds is 24. The van der Waals surface area contributed by atoms with Crippen LogP contribution in [-0.2, 0) is 35.2 Å². The van der Waals surface area contributed by atoms with Gasteiger partial charge in [0.15, 0.2) is 0 Å². The van der Waals surface area contributed by atoms with Crippen LogP contribution in [0.15, 0.2) is 34.1 Å². The van der Waals surface area contributed by atoms with E-state index in [1.165, 1.54) is 109 Å². The molecule has 0 radical (unpaired) electrons. The van der Waals surface area contributed by atoms with Crippen molar-refractivity contribution in [1.29, 1.82) is 0 Å². The third-order valence-corrected chi connectivity index (χ3v) is 9.89. The zero-order chi connectivity index (χ0) is 30.3. The number of hydrogen-bond acceptors (Lipinski definition) is 5. The largest absolute Gasteiger partial charge is 0.490 e. The van der Waals surface area contributed by atoms with Crippen LogP contribution in [0.5, 0.6) is 11.5 Å². The zero-order valence-electron chi connectivity index (χ0n) is 27.6. The maximum absolute atomic E-state index is 6.41. The predicted octanol–water partition coefficient (Wildman–Crippen LogP) is 10.3. The number of epoxide rings is 2. The first kappa shape index (κ1) is 34.2. The molecule has 2 unspecified atom stereocenters. The van der Waals surface area contributed by atoms with Gasteiger partial charge in [0.2, 0.25) is 0 Å². The average Bonchev–Trinajstić information content (AvgIpc) is 3.94. The molecule has 2 heterocycles. The van der Waals surface area contributed by atoms with Gasteiger partial charge in [0.05, 0.1) is 13.2 Å². The summed E-state index contributed by atoms with van der Waals surface area (Å²) in [5, 5.41) is 0. The summed E-state index contributed by atoms with van der Waals surface area (Å²) in [6.07, 6.45) is 19.8. The molecule has 2 saturated heterocycles. The molecule has 0 bridgehead atoms. The molecule has 5 heteroatoms. The summed E-state index contributed by atoms with van der Waals surface area (Å²) in [7, 11) is 0. The summed E-state index contributed by atoms with van der Waals surface area (Å²) in [4.78, 5) is 2.82. The quantitative estimate of drug-likeness (QED) is 0.0874. The van der Waals surface area contributed by atoms with E-state index in [-0.39, 0.29) is 12.2 Å². The maximum Gasteiger partial charge on any atom is 0.122 e. The van der Waals surface area contributed by atoms with E-state index in [1.807, 2.05) is 11.8 Å². The highest BCUT2D eigenvalue weighted by Crippen LogP contribution is 2.42. The third-order valence-electron chi connectivity index (χ3n) is 8.69. The van der Waals surface area contributed by atoms with Gasteiger partial charge in [0, 0.05) is 9.79 Å². The van der Waals surface area contributed by atoms with Gasteiger partial charge in [-0.15, -0.1) is 0 Å². The second-order valence-corrected chi connectivity index (χ2v) is 13.6. The molecule has 2 atom stereocenters. The van der Waals surface area contributed by atoms with E-state index < -0.39 is 0 Å². The molecule has 2 fully saturated rings. The topological polar surface area (TPSA) is 43.5 Å². The van der Waals surface area contributed by atoms with Crippen molar-refractivity contribution in [2.24, 2.45) is 0 Å². The molecule has 0 spiro atoms. The van der Waals surface area contributed by atoms with Crippen molar-refractivity contribution >= 4 is 11.8 Å². The fourth-order valence-corrected chi connectivity index (χ4v) is 7.08. The third kappa shape index (κ3) is 11.3. The Labute approximate surface area is 267 Å². The van der Waals surface area contributed by atoms with Crippen LogP contribution in [0.4, 0.5) is 0 Å². The number of unbranched alkanes of at least 4 members (excludes halogenated alkanes) is 8. The van der Waals surface area contributed by atoms with Gasteiger partial charge in [-0.2, -0.15) is 0 Å². The molecule has 2 aromatic carbocycles. The SMILES string of the molecule is CCCCCc1c(OCC2CO2)ccc(Sc2ccc(OCC3CO3)c(CCCCC)c2CCCCC)c1CCCCC. The second-order valence-electron chi connectivity index (χ2n) is 12.5. The monoisotopic (exact) mass is 610 g/mol. The zero-order valence-corrected chi connectivity index (χ0v) is 28.5. The van der Waals surface area contributed by atoms with Crippen LogP contribution in [0.3, 0.4) is 0 Å². The van der Waals surface area contributed by atoms with Crippen LogP contribution in [0, 0.1) is 0 Å². The Kier molecular flexibility index (Phi) is 15.1. The predicted molar refractivity (Wildman–Crippen MR) is 180 cm³/mol. The lowest BCUT2D eigenvalue weighted by atomic mass is 9.95. The van der Waals surface area contributed by atoms with Gasteiger partial charge in [-0.3, -0.25) is 0 Å². The Bertz CT molecular complexity index is 1010. The molecule has 0 N–H and O–H groups in total. The van der Waals surface area contributed by atoms with Crippen LogP contribution < -0.4 is 9.47 Å². The van der Waals surface area contributed by atoms with Crippen LogP contribution in [-0.4, -0.2) is 38.6 Å². The Morgan fingerprint density at radius 1 is 0.535 bits per heavy atom. The van der Waals surface area contributed by atoms with Gasteiger partial charge in [-0.05, 0) is 97.9 Å². The summed E-state index contributed by atoms with van der Waals surface area (Å²) in [6, 6.07) is 9.20. The fourth-order valence-electron chi connectivity index (χ4n) is 5.88. The van der Waals surface area contributed by atoms with Gasteiger partial charge in [-0.1, -0.05) is 90.8 Å². The van der Waals surface area contributed by atoms with Crippen molar-refractivity contribution in [3.8, 4) is 11.5 Å². The Morgan fingerprint density at radius 2 is 0.884 bits per heavy atom. The smallest absolute Gasteiger partial charge is 0.122 e. The first-order valence-electron chi connectivity index (χ1n) is 17.6. The van der Waals surface area contributed by atoms with Crippen LogP contribution in [0.2, 0.25) is 0 Å². The first-order valence-corrected chi connectivity index (χ1v) is 18.5. The van der Waals surface area contributed by atoms with E-state index in [4.69, 9.17) is 18.9 Å². The second kappa shape index (κ2) is 19.0. The van der Waals surface area contributed by atoms with E-state index in [1.54, 1.807) is 0 Å². The lowest BCUT2D eigenvalue weighted by molar-refractivity contribution is 0.260. The van der Waals surface area contributed by atoms with Crippen molar-refractivity contribution in [1.82, 2.24) is 0 Å². The fraction of sp³-hybridized carbons (Fsp3) is 0.684. The molecular formula is C38H58O4S. The van der Waals surface area contributed by atoms with Gasteiger partial charge >= 0.3 is 0 Å². The molecule has 240 valence electrons. The van der Waals surface area contributed by atoms with Crippen molar-refractivity contribution in [2.45, 2.75) is 152 Å². The maximum atomic E-state index is 6.41. The molecule has 0 saturated carbocycles. The molecule has 43 heavy (non-hydrogen) atoms. The number of hydrogen-bond donors (Lipinski definition) is 0. The lowest BCUT2D eigenvalue weighted by Gasteiger charge is -2.22. The Morgan fingerprint density at radius 3 is 1.21 bits per heavy atom. The normalized spacial score (nSPS) is 17.3. The molecule has 4 rings (SSSR count). The van der Waals surface area contributed by atoms with Crippen molar-refractivity contribution in [2.75, 3.05) is 26.4 Å². The summed E-state index contributed by atoms with van der Waals surface area (Å²) in [6.45, 7) is 12.2. The van der Waals surface area contributed by atoms with Crippen LogP contribution in [0.25, 0.3) is 0 Å². The van der Waals surface area contributed by atoms with E-state index in [0.717, 1.165) is 50.4 Å². The summed E-state index contributed by atoms with van der Waals surface area (Å²) in [5.41, 5.74) is 5.91. The van der Waals surface area contributed by atoms with E-state index in [9.17, 15) is 0 Å². The molecule has 0 aliphatic carbocycles. The van der Waals surface area contributed by atoms with Crippen LogP contribution in [0.1, 0.15) is 127 Å². The Balaban J connectivity index is 1.70. The van der Waals surface area contributed by atoms with Crippen LogP contribution >= 0.6 is 11.8 Å². The van der Waals surface area contributed by atoms with Crippen molar-refractivity contribution < 1.29 is 18.9 Å². The number of benzene rings is 2. The van der Waals surface area contributed by atoms with Crippen molar-refractivity contribution in [3.05, 3.63) is 46.5 Å². The lowest BCUT2D eigenvalue weighted by Crippen LogP contribution is -2.09. The standard InChI is InChI=1S/C38H58O4S/c1-5-9-13-17-31-33(19-15-11-7-3)37(23-21-35(31)41-27-29-25-39-29)43-38-24-22-36(42-28-30-26-40-30)32(18-14-10-6-2)34(38)20-16-12-8-4/h21-24,29-30H,5-20,25-28H2,1-4H3. The molecule has 4 nitrogen and oxygen atoms in total. The molecule has 2 aliphatic heterocycles. The molecule has 0 amide bonds. The first-order chi connectivity index (χ1) is 21.2. The van der Waals surface area contributed by atoms with Gasteiger partial charge < -0.3 is 18.9 Å². The van der Waals surface area contributed by atoms with Crippen molar-refractivity contribution in [3.63, 3.8) is 0 Å². The van der Waals surface area contributed by atoms with E-state index in [0.29, 0.717) is 13.2 Å². The summed E-state index contributed by atoms with van der Waals surface area (Å²) < 4.78 is 23.8. The summed E-state index contributed by atoms with van der Waals surface area (Å²) >= 11 is 1.99. The average molecular weight is 611 g/mol. The molecule has 2 aliphatic rings. The summed E-state index contributed by atoms with van der Waals surface area (Å²) in [5.74, 6) is 2.16. The highest BCUT2D eigenvalue weighted by molar-refractivity contribution is 7.99. The minimum atomic E-state index is 0.269. The minimum Gasteiger partial charge on any atom is -0.490 e. The van der Waals surface area contributed by atoms with Gasteiger partial charge in [0.25, 0.3) is 0 Å². The minimum absolute atomic E-state index is 0.269.